The maximum absolute atomic E-state index is 12.2. The Morgan fingerprint density at radius 2 is 1.83 bits per heavy atom. The summed E-state index contributed by atoms with van der Waals surface area (Å²) in [4.78, 5) is 28.8. The second-order valence-corrected chi connectivity index (χ2v) is 7.06. The summed E-state index contributed by atoms with van der Waals surface area (Å²) in [6.45, 7) is 5.72. The van der Waals surface area contributed by atoms with Gasteiger partial charge in [0.05, 0.1) is 24.2 Å². The summed E-state index contributed by atoms with van der Waals surface area (Å²) in [5.41, 5.74) is 2.47. The molecule has 0 bridgehead atoms. The lowest BCUT2D eigenvalue weighted by molar-refractivity contribution is -0.120. The topological polar surface area (TPSA) is 85.2 Å². The summed E-state index contributed by atoms with van der Waals surface area (Å²) in [6.07, 6.45) is 2.06. The van der Waals surface area contributed by atoms with E-state index in [-0.39, 0.29) is 18.4 Å². The molecule has 30 heavy (non-hydrogen) atoms. The Hall–Kier alpha value is -3.35. The van der Waals surface area contributed by atoms with Gasteiger partial charge in [-0.3, -0.25) is 9.59 Å². The van der Waals surface area contributed by atoms with E-state index in [1.165, 1.54) is 0 Å². The first-order valence-electron chi connectivity index (χ1n) is 10.3. The van der Waals surface area contributed by atoms with Gasteiger partial charge in [0.25, 0.3) is 5.91 Å². The predicted octanol–water partition coefficient (Wildman–Crippen LogP) is 3.07. The lowest BCUT2D eigenvalue weighted by Crippen LogP contribution is -2.38. The fourth-order valence-electron chi connectivity index (χ4n) is 3.15. The van der Waals surface area contributed by atoms with Crippen LogP contribution in [0.5, 0.6) is 5.75 Å². The highest BCUT2D eigenvalue weighted by molar-refractivity contribution is 5.96. The molecule has 2 aromatic carbocycles. The number of hydrogen-bond acceptors (Lipinski definition) is 4. The van der Waals surface area contributed by atoms with Crippen molar-refractivity contribution in [3.05, 3.63) is 59.9 Å². The standard InChI is InChI=1S/C23H28N4O3/c1-3-4-15-30-19-11-9-18(10-12-19)23(29)25-16-22(28)24-13-14-27-17(2)26-20-7-5-6-8-21(20)27/h5-12H,3-4,13-16H2,1-2H3,(H,24,28)(H,25,29). The van der Waals surface area contributed by atoms with Crippen LogP contribution < -0.4 is 15.4 Å². The van der Waals surface area contributed by atoms with E-state index in [2.05, 4.69) is 27.1 Å². The van der Waals surface area contributed by atoms with E-state index < -0.39 is 0 Å². The van der Waals surface area contributed by atoms with E-state index in [0.29, 0.717) is 25.3 Å². The Balaban J connectivity index is 1.42. The first-order chi connectivity index (χ1) is 14.6. The van der Waals surface area contributed by atoms with Crippen molar-refractivity contribution in [1.29, 1.82) is 0 Å². The van der Waals surface area contributed by atoms with E-state index in [1.807, 2.05) is 31.2 Å². The van der Waals surface area contributed by atoms with Crippen LogP contribution in [0.3, 0.4) is 0 Å². The third kappa shape index (κ3) is 5.59. The van der Waals surface area contributed by atoms with Gasteiger partial charge >= 0.3 is 0 Å². The highest BCUT2D eigenvalue weighted by Gasteiger charge is 2.10. The normalized spacial score (nSPS) is 10.7. The monoisotopic (exact) mass is 408 g/mol. The van der Waals surface area contributed by atoms with Crippen LogP contribution >= 0.6 is 0 Å². The molecule has 0 radical (unpaired) electrons. The number of amides is 2. The third-order valence-corrected chi connectivity index (χ3v) is 4.80. The van der Waals surface area contributed by atoms with Gasteiger partial charge in [0.1, 0.15) is 11.6 Å². The number of rotatable bonds is 10. The molecule has 158 valence electrons. The van der Waals surface area contributed by atoms with Crippen molar-refractivity contribution in [2.75, 3.05) is 19.7 Å². The molecule has 7 nitrogen and oxygen atoms in total. The van der Waals surface area contributed by atoms with Crippen molar-refractivity contribution >= 4 is 22.8 Å². The fourth-order valence-corrected chi connectivity index (χ4v) is 3.15. The Morgan fingerprint density at radius 1 is 1.07 bits per heavy atom. The Morgan fingerprint density at radius 3 is 2.60 bits per heavy atom. The Labute approximate surface area is 176 Å². The first-order valence-corrected chi connectivity index (χ1v) is 10.3. The fraction of sp³-hybridized carbons (Fsp3) is 0.348. The van der Waals surface area contributed by atoms with Gasteiger partial charge in [-0.2, -0.15) is 0 Å². The van der Waals surface area contributed by atoms with E-state index >= 15 is 0 Å². The third-order valence-electron chi connectivity index (χ3n) is 4.80. The van der Waals surface area contributed by atoms with Gasteiger partial charge < -0.3 is 19.9 Å². The molecule has 0 saturated carbocycles. The molecule has 0 fully saturated rings. The predicted molar refractivity (Wildman–Crippen MR) is 117 cm³/mol. The zero-order valence-corrected chi connectivity index (χ0v) is 17.5. The molecular formula is C23H28N4O3. The van der Waals surface area contributed by atoms with Gasteiger partial charge in [-0.25, -0.2) is 4.98 Å². The molecule has 1 aromatic heterocycles. The van der Waals surface area contributed by atoms with Gasteiger partial charge in [-0.1, -0.05) is 25.5 Å². The number of aromatic nitrogens is 2. The SMILES string of the molecule is CCCCOc1ccc(C(=O)NCC(=O)NCCn2c(C)nc3ccccc32)cc1. The highest BCUT2D eigenvalue weighted by Crippen LogP contribution is 2.15. The number of aryl methyl sites for hydroxylation is 1. The minimum Gasteiger partial charge on any atom is -0.494 e. The molecule has 0 aliphatic rings. The number of hydrogen-bond donors (Lipinski definition) is 2. The number of unbranched alkanes of at least 4 members (excludes halogenated alkanes) is 1. The molecule has 0 aliphatic heterocycles. The highest BCUT2D eigenvalue weighted by atomic mass is 16.5. The Bertz CT molecular complexity index is 995. The van der Waals surface area contributed by atoms with Crippen molar-refractivity contribution in [3.8, 4) is 5.75 Å². The summed E-state index contributed by atoms with van der Waals surface area (Å²) in [5, 5.41) is 5.48. The van der Waals surface area contributed by atoms with Crippen molar-refractivity contribution < 1.29 is 14.3 Å². The zero-order valence-electron chi connectivity index (χ0n) is 17.5. The van der Waals surface area contributed by atoms with Crippen molar-refractivity contribution in [1.82, 2.24) is 20.2 Å². The molecular weight excluding hydrogens is 380 g/mol. The van der Waals surface area contributed by atoms with Gasteiger partial charge in [0, 0.05) is 18.7 Å². The summed E-state index contributed by atoms with van der Waals surface area (Å²) in [6, 6.07) is 14.8. The van der Waals surface area contributed by atoms with Gasteiger partial charge in [-0.05, 0) is 49.7 Å². The minimum atomic E-state index is -0.290. The summed E-state index contributed by atoms with van der Waals surface area (Å²) in [7, 11) is 0. The van der Waals surface area contributed by atoms with Crippen LogP contribution in [0.2, 0.25) is 0 Å². The summed E-state index contributed by atoms with van der Waals surface area (Å²) in [5.74, 6) is 1.12. The molecule has 3 rings (SSSR count). The first kappa shape index (κ1) is 21.4. The summed E-state index contributed by atoms with van der Waals surface area (Å²) < 4.78 is 7.65. The zero-order chi connectivity index (χ0) is 21.3. The van der Waals surface area contributed by atoms with E-state index in [4.69, 9.17) is 4.74 Å². The van der Waals surface area contributed by atoms with Gasteiger partial charge in [0.15, 0.2) is 0 Å². The Kier molecular flexibility index (Phi) is 7.43. The van der Waals surface area contributed by atoms with Crippen LogP contribution in [0.25, 0.3) is 11.0 Å². The van der Waals surface area contributed by atoms with Crippen LogP contribution in [0.4, 0.5) is 0 Å². The largest absolute Gasteiger partial charge is 0.494 e. The maximum Gasteiger partial charge on any atom is 0.251 e. The quantitative estimate of drug-likeness (QED) is 0.505. The maximum atomic E-state index is 12.2. The number of carbonyl (C=O) groups excluding carboxylic acids is 2. The average Bonchev–Trinajstić information content (AvgIpc) is 3.08. The second-order valence-electron chi connectivity index (χ2n) is 7.06. The number of imidazole rings is 1. The molecule has 0 atom stereocenters. The molecule has 2 N–H and O–H groups in total. The number of nitrogens with one attached hydrogen (secondary N) is 2. The molecule has 2 amide bonds. The van der Waals surface area contributed by atoms with Crippen molar-refractivity contribution in [3.63, 3.8) is 0 Å². The number of carbonyl (C=O) groups is 2. The van der Waals surface area contributed by atoms with E-state index in [9.17, 15) is 9.59 Å². The second kappa shape index (κ2) is 10.4. The van der Waals surface area contributed by atoms with Gasteiger partial charge in [0.2, 0.25) is 5.91 Å². The number of benzene rings is 2. The molecule has 7 heteroatoms. The van der Waals surface area contributed by atoms with Crippen LogP contribution in [0, 0.1) is 6.92 Å². The number of nitrogens with zero attached hydrogens (tertiary/aromatic N) is 2. The van der Waals surface area contributed by atoms with Crippen LogP contribution in [0.1, 0.15) is 35.9 Å². The molecule has 0 spiro atoms. The smallest absolute Gasteiger partial charge is 0.251 e. The number of fused-ring (bicyclic) bond motifs is 1. The van der Waals surface area contributed by atoms with Crippen LogP contribution in [0.15, 0.2) is 48.5 Å². The number of para-hydroxylation sites is 2. The molecule has 0 aliphatic carbocycles. The molecule has 3 aromatic rings. The molecule has 0 unspecified atom stereocenters. The molecule has 0 saturated heterocycles. The van der Waals surface area contributed by atoms with Crippen molar-refractivity contribution in [2.45, 2.75) is 33.2 Å². The number of ether oxygens (including phenoxy) is 1. The average molecular weight is 409 g/mol. The van der Waals surface area contributed by atoms with Crippen molar-refractivity contribution in [2.24, 2.45) is 0 Å². The summed E-state index contributed by atoms with van der Waals surface area (Å²) >= 11 is 0. The van der Waals surface area contributed by atoms with Gasteiger partial charge in [-0.15, -0.1) is 0 Å². The molecule has 1 heterocycles. The van der Waals surface area contributed by atoms with E-state index in [1.54, 1.807) is 24.3 Å². The lowest BCUT2D eigenvalue weighted by Gasteiger charge is -2.10. The minimum absolute atomic E-state index is 0.0722. The lowest BCUT2D eigenvalue weighted by atomic mass is 10.2. The van der Waals surface area contributed by atoms with Crippen LogP contribution in [-0.4, -0.2) is 41.1 Å². The van der Waals surface area contributed by atoms with E-state index in [0.717, 1.165) is 35.4 Å². The van der Waals surface area contributed by atoms with Crippen LogP contribution in [-0.2, 0) is 11.3 Å².